The number of piperidine rings is 1. The van der Waals surface area contributed by atoms with Crippen LogP contribution in [0.25, 0.3) is 0 Å². The summed E-state index contributed by atoms with van der Waals surface area (Å²) in [7, 11) is 0. The predicted molar refractivity (Wildman–Crippen MR) is 99.2 cm³/mol. The van der Waals surface area contributed by atoms with E-state index in [2.05, 4.69) is 46.3 Å². The van der Waals surface area contributed by atoms with Crippen LogP contribution in [-0.4, -0.2) is 66.3 Å². The number of hydrogen-bond acceptors (Lipinski definition) is 4. The van der Waals surface area contributed by atoms with Crippen molar-refractivity contribution in [3.63, 3.8) is 0 Å². The smallest absolute Gasteiger partial charge is 0.0791 e. The van der Waals surface area contributed by atoms with E-state index in [9.17, 15) is 5.11 Å². The van der Waals surface area contributed by atoms with Crippen molar-refractivity contribution in [3.8, 4) is 0 Å². The number of likely N-dealkylation sites (tertiary alicyclic amines) is 1. The Morgan fingerprint density at radius 3 is 2.62 bits per heavy atom. The molecule has 1 aromatic carbocycles. The zero-order chi connectivity index (χ0) is 16.8. The van der Waals surface area contributed by atoms with Gasteiger partial charge < -0.3 is 15.3 Å². The van der Waals surface area contributed by atoms with Crippen LogP contribution in [0.5, 0.6) is 0 Å². The van der Waals surface area contributed by atoms with Crippen LogP contribution in [0, 0.1) is 0 Å². The van der Waals surface area contributed by atoms with Gasteiger partial charge >= 0.3 is 0 Å². The van der Waals surface area contributed by atoms with E-state index in [0.29, 0.717) is 6.04 Å². The number of hydrogen-bond donors (Lipinski definition) is 2. The molecule has 134 valence electrons. The molecular weight excluding hydrogens is 298 g/mol. The largest absolute Gasteiger partial charge is 0.390 e. The minimum atomic E-state index is -0.274. The van der Waals surface area contributed by atoms with Crippen molar-refractivity contribution in [2.75, 3.05) is 39.3 Å². The number of benzene rings is 1. The van der Waals surface area contributed by atoms with E-state index >= 15 is 0 Å². The molecule has 2 heterocycles. The third-order valence-corrected chi connectivity index (χ3v) is 5.45. The van der Waals surface area contributed by atoms with Gasteiger partial charge in [0.2, 0.25) is 0 Å². The average molecular weight is 332 g/mol. The molecule has 0 bridgehead atoms. The number of fused-ring (bicyclic) bond motifs is 1. The summed E-state index contributed by atoms with van der Waals surface area (Å²) in [6.07, 6.45) is 4.50. The van der Waals surface area contributed by atoms with Gasteiger partial charge in [0.15, 0.2) is 0 Å². The molecule has 1 unspecified atom stereocenters. The number of nitrogens with zero attached hydrogens (tertiary/aromatic N) is 2. The molecular formula is C20H33N3O. The Hall–Kier alpha value is -0.940. The maximum absolute atomic E-state index is 10.4. The maximum Gasteiger partial charge on any atom is 0.0791 e. The second-order valence-corrected chi connectivity index (χ2v) is 7.43. The molecule has 1 atom stereocenters. The summed E-state index contributed by atoms with van der Waals surface area (Å²) in [5, 5.41) is 14.0. The van der Waals surface area contributed by atoms with Gasteiger partial charge in [-0.15, -0.1) is 0 Å². The van der Waals surface area contributed by atoms with Gasteiger partial charge in [0.1, 0.15) is 0 Å². The fourth-order valence-corrected chi connectivity index (χ4v) is 4.05. The van der Waals surface area contributed by atoms with E-state index in [1.54, 1.807) is 0 Å². The minimum absolute atomic E-state index is 0.274. The Morgan fingerprint density at radius 2 is 1.88 bits per heavy atom. The second kappa shape index (κ2) is 8.95. The van der Waals surface area contributed by atoms with Gasteiger partial charge in [0, 0.05) is 32.2 Å². The zero-order valence-electron chi connectivity index (χ0n) is 15.1. The van der Waals surface area contributed by atoms with E-state index in [1.807, 2.05) is 0 Å². The normalized spacial score (nSPS) is 21.6. The molecule has 0 radical (unpaired) electrons. The van der Waals surface area contributed by atoms with Crippen molar-refractivity contribution in [2.45, 2.75) is 51.3 Å². The Bertz CT molecular complexity index is 499. The summed E-state index contributed by atoms with van der Waals surface area (Å²) in [6.45, 7) is 9.40. The molecule has 0 amide bonds. The standard InChI is InChI=1S/C20H33N3O/c1-2-10-22-12-8-19(9-13-22)21-14-20(24)16-23-11-7-17-5-3-4-6-18(17)15-23/h3-6,19-21,24H,2,7-16H2,1H3. The first-order chi connectivity index (χ1) is 11.7. The highest BCUT2D eigenvalue weighted by Gasteiger charge is 2.21. The van der Waals surface area contributed by atoms with Crippen LogP contribution >= 0.6 is 0 Å². The topological polar surface area (TPSA) is 38.7 Å². The molecule has 1 fully saturated rings. The first-order valence-corrected chi connectivity index (χ1v) is 9.67. The minimum Gasteiger partial charge on any atom is -0.390 e. The van der Waals surface area contributed by atoms with Gasteiger partial charge in [-0.3, -0.25) is 4.90 Å². The highest BCUT2D eigenvalue weighted by molar-refractivity contribution is 5.29. The molecule has 0 aliphatic carbocycles. The summed E-state index contributed by atoms with van der Waals surface area (Å²) in [6, 6.07) is 9.27. The number of rotatable bonds is 7. The summed E-state index contributed by atoms with van der Waals surface area (Å²) >= 11 is 0. The molecule has 2 aliphatic rings. The Morgan fingerprint density at radius 1 is 1.12 bits per heavy atom. The number of nitrogens with one attached hydrogen (secondary N) is 1. The van der Waals surface area contributed by atoms with E-state index in [-0.39, 0.29) is 6.10 Å². The summed E-state index contributed by atoms with van der Waals surface area (Å²) in [4.78, 5) is 4.94. The van der Waals surface area contributed by atoms with Gasteiger partial charge in [-0.25, -0.2) is 0 Å². The van der Waals surface area contributed by atoms with Crippen molar-refractivity contribution in [2.24, 2.45) is 0 Å². The molecule has 0 saturated carbocycles. The molecule has 4 nitrogen and oxygen atoms in total. The third-order valence-electron chi connectivity index (χ3n) is 5.45. The highest BCUT2D eigenvalue weighted by atomic mass is 16.3. The van der Waals surface area contributed by atoms with Crippen molar-refractivity contribution >= 4 is 0 Å². The van der Waals surface area contributed by atoms with E-state index in [0.717, 1.165) is 32.6 Å². The molecule has 0 aromatic heterocycles. The van der Waals surface area contributed by atoms with Crippen LogP contribution in [0.2, 0.25) is 0 Å². The third kappa shape index (κ3) is 5.03. The molecule has 3 rings (SSSR count). The predicted octanol–water partition coefficient (Wildman–Crippen LogP) is 1.87. The van der Waals surface area contributed by atoms with Gasteiger partial charge in [-0.1, -0.05) is 31.2 Å². The fourth-order valence-electron chi connectivity index (χ4n) is 4.05. The first-order valence-electron chi connectivity index (χ1n) is 9.67. The van der Waals surface area contributed by atoms with Gasteiger partial charge in [0.25, 0.3) is 0 Å². The van der Waals surface area contributed by atoms with Crippen molar-refractivity contribution in [3.05, 3.63) is 35.4 Å². The lowest BCUT2D eigenvalue weighted by Crippen LogP contribution is -2.47. The fraction of sp³-hybridized carbons (Fsp3) is 0.700. The van der Waals surface area contributed by atoms with Gasteiger partial charge in [-0.05, 0) is 56.4 Å². The molecule has 1 aromatic rings. The molecule has 2 N–H and O–H groups in total. The Balaban J connectivity index is 1.36. The van der Waals surface area contributed by atoms with Crippen molar-refractivity contribution < 1.29 is 5.11 Å². The molecule has 2 aliphatic heterocycles. The van der Waals surface area contributed by atoms with Gasteiger partial charge in [0.05, 0.1) is 6.10 Å². The first kappa shape index (κ1) is 17.9. The van der Waals surface area contributed by atoms with E-state index in [4.69, 9.17) is 0 Å². The Kier molecular flexibility index (Phi) is 6.67. The highest BCUT2D eigenvalue weighted by Crippen LogP contribution is 2.18. The molecule has 24 heavy (non-hydrogen) atoms. The monoisotopic (exact) mass is 331 g/mol. The van der Waals surface area contributed by atoms with Crippen LogP contribution < -0.4 is 5.32 Å². The summed E-state index contributed by atoms with van der Waals surface area (Å²) in [5.41, 5.74) is 2.90. The Labute approximate surface area is 146 Å². The van der Waals surface area contributed by atoms with Crippen molar-refractivity contribution in [1.82, 2.24) is 15.1 Å². The second-order valence-electron chi connectivity index (χ2n) is 7.43. The SMILES string of the molecule is CCCN1CCC(NCC(O)CN2CCc3ccccc3C2)CC1. The van der Waals surface area contributed by atoms with Crippen LogP contribution in [-0.2, 0) is 13.0 Å². The zero-order valence-corrected chi connectivity index (χ0v) is 15.1. The van der Waals surface area contributed by atoms with Crippen LogP contribution in [0.15, 0.2) is 24.3 Å². The lowest BCUT2D eigenvalue weighted by Gasteiger charge is -2.33. The van der Waals surface area contributed by atoms with Crippen LogP contribution in [0.3, 0.4) is 0 Å². The summed E-state index contributed by atoms with van der Waals surface area (Å²) < 4.78 is 0. The van der Waals surface area contributed by atoms with E-state index in [1.165, 1.54) is 50.0 Å². The van der Waals surface area contributed by atoms with Crippen LogP contribution in [0.1, 0.15) is 37.3 Å². The molecule has 4 heteroatoms. The number of aliphatic hydroxyl groups excluding tert-OH is 1. The summed E-state index contributed by atoms with van der Waals surface area (Å²) in [5.74, 6) is 0. The van der Waals surface area contributed by atoms with Gasteiger partial charge in [-0.2, -0.15) is 0 Å². The molecule has 0 spiro atoms. The lowest BCUT2D eigenvalue weighted by molar-refractivity contribution is 0.0972. The molecule has 1 saturated heterocycles. The number of β-amino-alcohol motifs (C(OH)–C–C–N with tert-alkyl or cyclic N) is 1. The lowest BCUT2D eigenvalue weighted by atomic mass is 9.99. The van der Waals surface area contributed by atoms with E-state index < -0.39 is 0 Å². The van der Waals surface area contributed by atoms with Crippen molar-refractivity contribution in [1.29, 1.82) is 0 Å². The number of aliphatic hydroxyl groups is 1. The van der Waals surface area contributed by atoms with Crippen LogP contribution in [0.4, 0.5) is 0 Å². The maximum atomic E-state index is 10.4. The average Bonchev–Trinajstić information content (AvgIpc) is 2.61. The quantitative estimate of drug-likeness (QED) is 0.800.